The molecule has 4 nitrogen and oxygen atoms in total. The lowest BCUT2D eigenvalue weighted by molar-refractivity contribution is 0.0517. The molecule has 138 valence electrons. The summed E-state index contributed by atoms with van der Waals surface area (Å²) in [6.07, 6.45) is 3.95. The van der Waals surface area contributed by atoms with E-state index in [1.807, 2.05) is 37.3 Å². The third kappa shape index (κ3) is 4.75. The number of rotatable bonds is 7. The van der Waals surface area contributed by atoms with Crippen molar-refractivity contribution in [3.63, 3.8) is 0 Å². The van der Waals surface area contributed by atoms with Crippen molar-refractivity contribution < 1.29 is 18.7 Å². The second kappa shape index (κ2) is 8.21. The Morgan fingerprint density at radius 2 is 1.88 bits per heavy atom. The number of nitrogens with one attached hydrogen (secondary N) is 1. The molecule has 0 spiro atoms. The Hall–Kier alpha value is -2.56. The van der Waals surface area contributed by atoms with Gasteiger partial charge in [-0.05, 0) is 62.9 Å². The van der Waals surface area contributed by atoms with Crippen molar-refractivity contribution in [1.29, 1.82) is 0 Å². The van der Waals surface area contributed by atoms with Gasteiger partial charge in [-0.15, -0.1) is 0 Å². The van der Waals surface area contributed by atoms with Crippen LogP contribution in [0.1, 0.15) is 43.0 Å². The van der Waals surface area contributed by atoms with Gasteiger partial charge in [-0.1, -0.05) is 18.2 Å². The third-order valence-electron chi connectivity index (χ3n) is 4.62. The predicted molar refractivity (Wildman–Crippen MR) is 99.1 cm³/mol. The summed E-state index contributed by atoms with van der Waals surface area (Å²) in [7, 11) is 0. The number of halogens is 1. The molecule has 0 unspecified atom stereocenters. The first-order valence-electron chi connectivity index (χ1n) is 9.00. The molecule has 0 atom stereocenters. The molecule has 0 aromatic heterocycles. The summed E-state index contributed by atoms with van der Waals surface area (Å²) in [5.74, 6) is -0.826. The largest absolute Gasteiger partial charge is 0.484 e. The molecule has 26 heavy (non-hydrogen) atoms. The van der Waals surface area contributed by atoms with Crippen molar-refractivity contribution in [3.05, 3.63) is 59.9 Å². The van der Waals surface area contributed by atoms with Crippen LogP contribution in [0.3, 0.4) is 0 Å². The second-order valence-electron chi connectivity index (χ2n) is 6.83. The van der Waals surface area contributed by atoms with Gasteiger partial charge >= 0.3 is 5.97 Å². The average Bonchev–Trinajstić information content (AvgIpc) is 3.07. The highest BCUT2D eigenvalue weighted by Gasteiger charge is 2.31. The van der Waals surface area contributed by atoms with Gasteiger partial charge in [0, 0.05) is 12.2 Å². The molecule has 0 heterocycles. The number of anilines is 1. The van der Waals surface area contributed by atoms with Gasteiger partial charge in [-0.3, -0.25) is 0 Å². The Labute approximate surface area is 153 Å². The molecule has 0 radical (unpaired) electrons. The van der Waals surface area contributed by atoms with Gasteiger partial charge in [0.25, 0.3) is 0 Å². The zero-order valence-corrected chi connectivity index (χ0v) is 15.0. The van der Waals surface area contributed by atoms with Crippen LogP contribution in [0.5, 0.6) is 5.75 Å². The molecule has 0 amide bonds. The number of benzene rings is 2. The van der Waals surface area contributed by atoms with Gasteiger partial charge in [0.05, 0.1) is 5.56 Å². The minimum absolute atomic E-state index is 0.117. The highest BCUT2D eigenvalue weighted by Crippen LogP contribution is 2.35. The monoisotopic (exact) mass is 357 g/mol. The SMILES string of the molecule is CC1(Oc2cc(C(=O)OCCNc3ccccc3)ccc2F)CCCC1. The van der Waals surface area contributed by atoms with Gasteiger partial charge in [0.15, 0.2) is 11.6 Å². The highest BCUT2D eigenvalue weighted by atomic mass is 19.1. The lowest BCUT2D eigenvalue weighted by Crippen LogP contribution is -2.28. The molecule has 1 saturated carbocycles. The van der Waals surface area contributed by atoms with E-state index in [-0.39, 0.29) is 18.0 Å². The first kappa shape index (κ1) is 18.2. The quantitative estimate of drug-likeness (QED) is 0.571. The van der Waals surface area contributed by atoms with Crippen LogP contribution in [-0.2, 0) is 4.74 Å². The number of para-hydroxylation sites is 1. The van der Waals surface area contributed by atoms with E-state index >= 15 is 0 Å². The summed E-state index contributed by atoms with van der Waals surface area (Å²) in [6, 6.07) is 13.8. The Morgan fingerprint density at radius 3 is 2.62 bits per heavy atom. The number of esters is 1. The molecule has 1 aliphatic rings. The summed E-state index contributed by atoms with van der Waals surface area (Å²) < 4.78 is 25.2. The number of ether oxygens (including phenoxy) is 2. The van der Waals surface area contributed by atoms with Gasteiger partial charge in [0.2, 0.25) is 0 Å². The summed E-state index contributed by atoms with van der Waals surface area (Å²) >= 11 is 0. The van der Waals surface area contributed by atoms with E-state index in [0.717, 1.165) is 31.4 Å². The molecule has 1 fully saturated rings. The van der Waals surface area contributed by atoms with E-state index in [4.69, 9.17) is 9.47 Å². The summed E-state index contributed by atoms with van der Waals surface area (Å²) in [5, 5.41) is 3.16. The molecular formula is C21H24FNO3. The van der Waals surface area contributed by atoms with Crippen LogP contribution in [0.2, 0.25) is 0 Å². The fourth-order valence-electron chi connectivity index (χ4n) is 3.18. The molecule has 5 heteroatoms. The summed E-state index contributed by atoms with van der Waals surface area (Å²) in [4.78, 5) is 12.2. The van der Waals surface area contributed by atoms with Crippen molar-refractivity contribution in [3.8, 4) is 5.75 Å². The number of hydrogen-bond acceptors (Lipinski definition) is 4. The van der Waals surface area contributed by atoms with Crippen LogP contribution in [0.15, 0.2) is 48.5 Å². The first-order chi connectivity index (χ1) is 12.6. The van der Waals surface area contributed by atoms with Crippen molar-refractivity contribution in [2.45, 2.75) is 38.2 Å². The lowest BCUT2D eigenvalue weighted by Gasteiger charge is -2.26. The smallest absolute Gasteiger partial charge is 0.338 e. The van der Waals surface area contributed by atoms with Crippen molar-refractivity contribution in [2.24, 2.45) is 0 Å². The Bertz CT molecular complexity index is 742. The Balaban J connectivity index is 1.54. The molecule has 2 aromatic carbocycles. The third-order valence-corrected chi connectivity index (χ3v) is 4.62. The predicted octanol–water partition coefficient (Wildman–Crippen LogP) is 4.81. The van der Waals surface area contributed by atoms with E-state index in [2.05, 4.69) is 5.32 Å². The van der Waals surface area contributed by atoms with Crippen LogP contribution >= 0.6 is 0 Å². The van der Waals surface area contributed by atoms with Crippen LogP contribution in [-0.4, -0.2) is 24.7 Å². The molecule has 3 rings (SSSR count). The van der Waals surface area contributed by atoms with Crippen molar-refractivity contribution in [2.75, 3.05) is 18.5 Å². The second-order valence-corrected chi connectivity index (χ2v) is 6.83. The van der Waals surface area contributed by atoms with E-state index < -0.39 is 11.8 Å². The molecule has 0 aliphatic heterocycles. The van der Waals surface area contributed by atoms with E-state index in [0.29, 0.717) is 12.1 Å². The number of carbonyl (C=O) groups is 1. The maximum absolute atomic E-state index is 14.1. The summed E-state index contributed by atoms with van der Waals surface area (Å²) in [5.41, 5.74) is 0.900. The van der Waals surface area contributed by atoms with Crippen LogP contribution < -0.4 is 10.1 Å². The maximum atomic E-state index is 14.1. The lowest BCUT2D eigenvalue weighted by atomic mass is 10.1. The minimum Gasteiger partial charge on any atom is -0.484 e. The number of hydrogen-bond donors (Lipinski definition) is 1. The van der Waals surface area contributed by atoms with Gasteiger partial charge in [0.1, 0.15) is 12.2 Å². The summed E-state index contributed by atoms with van der Waals surface area (Å²) in [6.45, 7) is 2.71. The van der Waals surface area contributed by atoms with Crippen molar-refractivity contribution >= 4 is 11.7 Å². The van der Waals surface area contributed by atoms with Gasteiger partial charge < -0.3 is 14.8 Å². The Kier molecular flexibility index (Phi) is 5.76. The topological polar surface area (TPSA) is 47.6 Å². The zero-order valence-electron chi connectivity index (χ0n) is 15.0. The molecular weight excluding hydrogens is 333 g/mol. The van der Waals surface area contributed by atoms with E-state index in [1.54, 1.807) is 0 Å². The minimum atomic E-state index is -0.485. The molecule has 2 aromatic rings. The van der Waals surface area contributed by atoms with Crippen LogP contribution in [0, 0.1) is 5.82 Å². The Morgan fingerprint density at radius 1 is 1.15 bits per heavy atom. The normalized spacial score (nSPS) is 15.5. The number of carbonyl (C=O) groups excluding carboxylic acids is 1. The van der Waals surface area contributed by atoms with Gasteiger partial charge in [-0.2, -0.15) is 0 Å². The fraction of sp³-hybridized carbons (Fsp3) is 0.381. The molecule has 0 saturated heterocycles. The van der Waals surface area contributed by atoms with Crippen molar-refractivity contribution in [1.82, 2.24) is 0 Å². The highest BCUT2D eigenvalue weighted by molar-refractivity contribution is 5.89. The van der Waals surface area contributed by atoms with Crippen LogP contribution in [0.25, 0.3) is 0 Å². The average molecular weight is 357 g/mol. The maximum Gasteiger partial charge on any atom is 0.338 e. The molecule has 1 aliphatic carbocycles. The van der Waals surface area contributed by atoms with Crippen LogP contribution in [0.4, 0.5) is 10.1 Å². The molecule has 1 N–H and O–H groups in total. The molecule has 0 bridgehead atoms. The standard InChI is InChI=1S/C21H24FNO3/c1-21(11-5-6-12-21)26-19-15-16(9-10-18(19)22)20(24)25-14-13-23-17-7-3-2-4-8-17/h2-4,7-10,15,23H,5-6,11-14H2,1H3. The van der Waals surface area contributed by atoms with E-state index in [9.17, 15) is 9.18 Å². The zero-order chi connectivity index (χ0) is 18.4. The fourth-order valence-corrected chi connectivity index (χ4v) is 3.18. The van der Waals surface area contributed by atoms with Gasteiger partial charge in [-0.25, -0.2) is 9.18 Å². The first-order valence-corrected chi connectivity index (χ1v) is 9.00. The van der Waals surface area contributed by atoms with E-state index in [1.165, 1.54) is 18.2 Å².